The van der Waals surface area contributed by atoms with E-state index in [4.69, 9.17) is 5.73 Å². The average Bonchev–Trinajstić information content (AvgIpc) is 2.29. The fourth-order valence-corrected chi connectivity index (χ4v) is 2.51. The molecule has 0 heterocycles. The van der Waals surface area contributed by atoms with Crippen molar-refractivity contribution >= 4 is 0 Å². The monoisotopic (exact) mass is 212 g/mol. The van der Waals surface area contributed by atoms with E-state index in [-0.39, 0.29) is 0 Å². The molecule has 0 aromatic carbocycles. The molecule has 2 nitrogen and oxygen atoms in total. The Morgan fingerprint density at radius 2 is 1.67 bits per heavy atom. The van der Waals surface area contributed by atoms with Crippen LogP contribution in [0.5, 0.6) is 0 Å². The van der Waals surface area contributed by atoms with E-state index < -0.39 is 0 Å². The highest BCUT2D eigenvalue weighted by Gasteiger charge is 2.12. The van der Waals surface area contributed by atoms with Gasteiger partial charge in [0.1, 0.15) is 0 Å². The Hall–Kier alpha value is -0.0800. The van der Waals surface area contributed by atoms with Gasteiger partial charge in [-0.25, -0.2) is 0 Å². The molecule has 0 saturated heterocycles. The predicted octanol–water partition coefficient (Wildman–Crippen LogP) is 2.68. The quantitative estimate of drug-likeness (QED) is 0.607. The average molecular weight is 212 g/mol. The highest BCUT2D eigenvalue weighted by molar-refractivity contribution is 4.65. The number of nitrogens with one attached hydrogen (secondary N) is 1. The van der Waals surface area contributed by atoms with Crippen LogP contribution in [-0.2, 0) is 0 Å². The van der Waals surface area contributed by atoms with Crippen molar-refractivity contribution in [1.82, 2.24) is 5.32 Å². The zero-order chi connectivity index (χ0) is 10.8. The van der Waals surface area contributed by atoms with Crippen LogP contribution >= 0.6 is 0 Å². The lowest BCUT2D eigenvalue weighted by molar-refractivity contribution is 0.329. The van der Waals surface area contributed by atoms with Crippen LogP contribution in [0.25, 0.3) is 0 Å². The molecule has 0 bridgehead atoms. The number of unbranched alkanes of at least 4 members (excludes halogenated alkanes) is 1. The van der Waals surface area contributed by atoms with Crippen LogP contribution in [0.15, 0.2) is 0 Å². The van der Waals surface area contributed by atoms with E-state index in [0.717, 1.165) is 25.4 Å². The first kappa shape index (κ1) is 13.0. The van der Waals surface area contributed by atoms with Gasteiger partial charge in [-0.05, 0) is 38.4 Å². The van der Waals surface area contributed by atoms with Gasteiger partial charge in [-0.1, -0.05) is 44.9 Å². The van der Waals surface area contributed by atoms with E-state index in [1.807, 2.05) is 0 Å². The fraction of sp³-hybridized carbons (Fsp3) is 1.00. The maximum absolute atomic E-state index is 5.43. The van der Waals surface area contributed by atoms with Gasteiger partial charge in [0.2, 0.25) is 0 Å². The van der Waals surface area contributed by atoms with Crippen LogP contribution in [0.2, 0.25) is 0 Å². The molecule has 1 rings (SSSR count). The van der Waals surface area contributed by atoms with Gasteiger partial charge in [-0.2, -0.15) is 0 Å². The topological polar surface area (TPSA) is 38.0 Å². The van der Waals surface area contributed by atoms with E-state index in [9.17, 15) is 0 Å². The van der Waals surface area contributed by atoms with E-state index in [0.29, 0.717) is 0 Å². The van der Waals surface area contributed by atoms with Gasteiger partial charge >= 0.3 is 0 Å². The SMILES string of the molecule is NCCCNCCCCC1CCCCC1. The zero-order valence-electron chi connectivity index (χ0n) is 10.1. The van der Waals surface area contributed by atoms with Gasteiger partial charge in [0.05, 0.1) is 0 Å². The molecular formula is C13H28N2. The summed E-state index contributed by atoms with van der Waals surface area (Å²) >= 11 is 0. The largest absolute Gasteiger partial charge is 0.330 e. The highest BCUT2D eigenvalue weighted by atomic mass is 14.8. The number of nitrogens with two attached hydrogens (primary N) is 1. The lowest BCUT2D eigenvalue weighted by atomic mass is 9.86. The van der Waals surface area contributed by atoms with Crippen LogP contribution in [-0.4, -0.2) is 19.6 Å². The molecule has 0 aromatic heterocycles. The molecule has 0 aliphatic heterocycles. The molecular weight excluding hydrogens is 184 g/mol. The summed E-state index contributed by atoms with van der Waals surface area (Å²) in [5.74, 6) is 1.06. The minimum atomic E-state index is 0.815. The Bertz CT molecular complexity index is 130. The van der Waals surface area contributed by atoms with Gasteiger partial charge < -0.3 is 11.1 Å². The molecule has 0 unspecified atom stereocenters. The molecule has 1 fully saturated rings. The van der Waals surface area contributed by atoms with E-state index in [1.165, 1.54) is 57.9 Å². The Morgan fingerprint density at radius 3 is 2.40 bits per heavy atom. The molecule has 0 radical (unpaired) electrons. The van der Waals surface area contributed by atoms with Gasteiger partial charge in [0, 0.05) is 0 Å². The molecule has 15 heavy (non-hydrogen) atoms. The molecule has 1 aliphatic rings. The summed E-state index contributed by atoms with van der Waals surface area (Å²) in [4.78, 5) is 0. The Morgan fingerprint density at radius 1 is 0.933 bits per heavy atom. The molecule has 1 saturated carbocycles. The molecule has 90 valence electrons. The normalized spacial score (nSPS) is 18.2. The maximum Gasteiger partial charge on any atom is -0.00369 e. The van der Waals surface area contributed by atoms with E-state index in [1.54, 1.807) is 0 Å². The number of hydrogen-bond donors (Lipinski definition) is 2. The van der Waals surface area contributed by atoms with Crippen molar-refractivity contribution < 1.29 is 0 Å². The van der Waals surface area contributed by atoms with Crippen molar-refractivity contribution in [1.29, 1.82) is 0 Å². The third-order valence-corrected chi connectivity index (χ3v) is 3.50. The second-order valence-electron chi connectivity index (χ2n) is 4.89. The summed E-state index contributed by atoms with van der Waals surface area (Å²) in [6.07, 6.45) is 12.8. The predicted molar refractivity (Wildman–Crippen MR) is 67.0 cm³/mol. The summed E-state index contributed by atoms with van der Waals surface area (Å²) in [5, 5.41) is 3.44. The molecule has 0 aromatic rings. The van der Waals surface area contributed by atoms with Gasteiger partial charge in [-0.15, -0.1) is 0 Å². The summed E-state index contributed by atoms with van der Waals surface area (Å²) < 4.78 is 0. The van der Waals surface area contributed by atoms with Crippen LogP contribution < -0.4 is 11.1 Å². The molecule has 0 atom stereocenters. The number of hydrogen-bond acceptors (Lipinski definition) is 2. The molecule has 2 heteroatoms. The smallest absolute Gasteiger partial charge is 0.00369 e. The Labute approximate surface area is 95.0 Å². The molecule has 0 spiro atoms. The summed E-state index contributed by atoms with van der Waals surface area (Å²) in [5.41, 5.74) is 5.43. The van der Waals surface area contributed by atoms with Crippen LogP contribution in [0.1, 0.15) is 57.8 Å². The van der Waals surface area contributed by atoms with Gasteiger partial charge in [0.25, 0.3) is 0 Å². The van der Waals surface area contributed by atoms with Crippen molar-refractivity contribution in [3.8, 4) is 0 Å². The van der Waals surface area contributed by atoms with E-state index in [2.05, 4.69) is 5.32 Å². The molecule has 1 aliphatic carbocycles. The molecule has 3 N–H and O–H groups in total. The Balaban J connectivity index is 1.79. The van der Waals surface area contributed by atoms with Crippen molar-refractivity contribution in [2.75, 3.05) is 19.6 Å². The minimum Gasteiger partial charge on any atom is -0.330 e. The summed E-state index contributed by atoms with van der Waals surface area (Å²) in [7, 11) is 0. The van der Waals surface area contributed by atoms with Gasteiger partial charge in [-0.3, -0.25) is 0 Å². The standard InChI is InChI=1S/C13H28N2/c14-10-6-12-15-11-5-4-9-13-7-2-1-3-8-13/h13,15H,1-12,14H2. The molecule has 0 amide bonds. The second kappa shape index (κ2) is 9.17. The van der Waals surface area contributed by atoms with Crippen molar-refractivity contribution in [2.45, 2.75) is 57.8 Å². The van der Waals surface area contributed by atoms with Crippen LogP contribution in [0, 0.1) is 5.92 Å². The van der Waals surface area contributed by atoms with Crippen molar-refractivity contribution in [3.05, 3.63) is 0 Å². The first-order valence-electron chi connectivity index (χ1n) is 6.84. The minimum absolute atomic E-state index is 0.815. The van der Waals surface area contributed by atoms with Crippen molar-refractivity contribution in [3.63, 3.8) is 0 Å². The zero-order valence-corrected chi connectivity index (χ0v) is 10.1. The second-order valence-corrected chi connectivity index (χ2v) is 4.89. The van der Waals surface area contributed by atoms with Crippen molar-refractivity contribution in [2.24, 2.45) is 11.7 Å². The summed E-state index contributed by atoms with van der Waals surface area (Å²) in [6.45, 7) is 3.10. The third-order valence-electron chi connectivity index (χ3n) is 3.50. The lowest BCUT2D eigenvalue weighted by Crippen LogP contribution is -2.19. The first-order valence-corrected chi connectivity index (χ1v) is 6.84. The summed E-state index contributed by atoms with van der Waals surface area (Å²) in [6, 6.07) is 0. The Kier molecular flexibility index (Phi) is 7.94. The third kappa shape index (κ3) is 6.91. The van der Waals surface area contributed by atoms with Crippen LogP contribution in [0.3, 0.4) is 0 Å². The fourth-order valence-electron chi connectivity index (χ4n) is 2.51. The van der Waals surface area contributed by atoms with E-state index >= 15 is 0 Å². The van der Waals surface area contributed by atoms with Crippen LogP contribution in [0.4, 0.5) is 0 Å². The number of rotatable bonds is 8. The van der Waals surface area contributed by atoms with Gasteiger partial charge in [0.15, 0.2) is 0 Å². The first-order chi connectivity index (χ1) is 7.43. The maximum atomic E-state index is 5.43. The lowest BCUT2D eigenvalue weighted by Gasteiger charge is -2.21. The highest BCUT2D eigenvalue weighted by Crippen LogP contribution is 2.27.